The Bertz CT molecular complexity index is 589. The van der Waals surface area contributed by atoms with Crippen molar-refractivity contribution in [2.45, 2.75) is 20.8 Å². The molecule has 0 aliphatic carbocycles. The zero-order chi connectivity index (χ0) is 13.3. The van der Waals surface area contributed by atoms with Gasteiger partial charge in [0.15, 0.2) is 0 Å². The minimum atomic E-state index is -0.884. The number of carboxylic acids is 1. The van der Waals surface area contributed by atoms with Crippen molar-refractivity contribution >= 4 is 5.97 Å². The summed E-state index contributed by atoms with van der Waals surface area (Å²) in [7, 11) is 0. The number of aryl methyl sites for hydroxylation is 3. The van der Waals surface area contributed by atoms with Crippen LogP contribution in [0.3, 0.4) is 0 Å². The summed E-state index contributed by atoms with van der Waals surface area (Å²) in [5, 5.41) is 9.26. The van der Waals surface area contributed by atoms with Gasteiger partial charge in [-0.2, -0.15) is 0 Å². The van der Waals surface area contributed by atoms with Crippen molar-refractivity contribution < 1.29 is 9.90 Å². The summed E-state index contributed by atoms with van der Waals surface area (Å²) in [5.74, 6) is -0.884. The van der Waals surface area contributed by atoms with Crippen molar-refractivity contribution in [1.82, 2.24) is 0 Å². The van der Waals surface area contributed by atoms with E-state index in [2.05, 4.69) is 12.1 Å². The van der Waals surface area contributed by atoms with Gasteiger partial charge in [-0.1, -0.05) is 35.9 Å². The third-order valence-corrected chi connectivity index (χ3v) is 3.10. The third-order valence-electron chi connectivity index (χ3n) is 3.10. The van der Waals surface area contributed by atoms with Gasteiger partial charge >= 0.3 is 5.97 Å². The number of hydrogen-bond acceptors (Lipinski definition) is 1. The first-order valence-electron chi connectivity index (χ1n) is 5.91. The van der Waals surface area contributed by atoms with E-state index in [1.807, 2.05) is 32.9 Å². The van der Waals surface area contributed by atoms with Gasteiger partial charge in [-0.25, -0.2) is 4.79 Å². The molecule has 0 radical (unpaired) electrons. The number of aromatic carboxylic acids is 1. The molecule has 0 heterocycles. The van der Waals surface area contributed by atoms with Crippen LogP contribution in [0.15, 0.2) is 36.4 Å². The fraction of sp³-hybridized carbons (Fsp3) is 0.188. The molecule has 2 aromatic carbocycles. The van der Waals surface area contributed by atoms with Crippen LogP contribution in [-0.4, -0.2) is 11.1 Å². The van der Waals surface area contributed by atoms with Crippen molar-refractivity contribution in [3.8, 4) is 11.1 Å². The van der Waals surface area contributed by atoms with Crippen LogP contribution in [-0.2, 0) is 0 Å². The zero-order valence-electron chi connectivity index (χ0n) is 10.8. The summed E-state index contributed by atoms with van der Waals surface area (Å²) < 4.78 is 0. The molecule has 0 fully saturated rings. The van der Waals surface area contributed by atoms with Gasteiger partial charge in [-0.05, 0) is 49.1 Å². The van der Waals surface area contributed by atoms with Crippen molar-refractivity contribution in [3.63, 3.8) is 0 Å². The summed E-state index contributed by atoms with van der Waals surface area (Å²) in [6.07, 6.45) is 0. The SMILES string of the molecule is Cc1cc(C)c(-c2ccccc2C(=O)O)c(C)c1. The molecule has 0 amide bonds. The third kappa shape index (κ3) is 2.14. The second-order valence-electron chi connectivity index (χ2n) is 4.62. The summed E-state index contributed by atoms with van der Waals surface area (Å²) in [5.41, 5.74) is 5.59. The molecule has 0 aromatic heterocycles. The number of hydrogen-bond donors (Lipinski definition) is 1. The van der Waals surface area contributed by atoms with Gasteiger partial charge in [0, 0.05) is 0 Å². The first kappa shape index (κ1) is 12.4. The van der Waals surface area contributed by atoms with E-state index in [1.54, 1.807) is 12.1 Å². The van der Waals surface area contributed by atoms with E-state index in [1.165, 1.54) is 5.56 Å². The minimum Gasteiger partial charge on any atom is -0.478 e. The van der Waals surface area contributed by atoms with Crippen LogP contribution in [0, 0.1) is 20.8 Å². The Morgan fingerprint density at radius 3 is 2.11 bits per heavy atom. The van der Waals surface area contributed by atoms with Crippen LogP contribution >= 0.6 is 0 Å². The van der Waals surface area contributed by atoms with Gasteiger partial charge in [0.25, 0.3) is 0 Å². The standard InChI is InChI=1S/C16H16O2/c1-10-8-11(2)15(12(3)9-10)13-6-4-5-7-14(13)16(17)18/h4-9H,1-3H3,(H,17,18). The van der Waals surface area contributed by atoms with E-state index in [0.29, 0.717) is 5.56 Å². The topological polar surface area (TPSA) is 37.3 Å². The average molecular weight is 240 g/mol. The van der Waals surface area contributed by atoms with Crippen LogP contribution in [0.2, 0.25) is 0 Å². The second kappa shape index (κ2) is 4.65. The largest absolute Gasteiger partial charge is 0.478 e. The van der Waals surface area contributed by atoms with Crippen molar-refractivity contribution in [1.29, 1.82) is 0 Å². The van der Waals surface area contributed by atoms with Gasteiger partial charge in [0.1, 0.15) is 0 Å². The van der Waals surface area contributed by atoms with Crippen molar-refractivity contribution in [3.05, 3.63) is 58.7 Å². The summed E-state index contributed by atoms with van der Waals surface area (Å²) in [6.45, 7) is 6.09. The molecule has 0 atom stereocenters. The van der Waals surface area contributed by atoms with E-state index < -0.39 is 5.97 Å². The molecule has 2 aromatic rings. The van der Waals surface area contributed by atoms with E-state index >= 15 is 0 Å². The van der Waals surface area contributed by atoms with E-state index in [-0.39, 0.29) is 0 Å². The molecule has 0 spiro atoms. The van der Waals surface area contributed by atoms with Crippen LogP contribution in [0.1, 0.15) is 27.0 Å². The lowest BCUT2D eigenvalue weighted by Crippen LogP contribution is -2.01. The van der Waals surface area contributed by atoms with Crippen LogP contribution in [0.4, 0.5) is 0 Å². The molecule has 2 nitrogen and oxygen atoms in total. The Kier molecular flexibility index (Phi) is 3.19. The number of carboxylic acid groups (broad SMARTS) is 1. The number of benzene rings is 2. The lowest BCUT2D eigenvalue weighted by atomic mass is 9.91. The Balaban J connectivity index is 2.74. The molecule has 18 heavy (non-hydrogen) atoms. The molecule has 0 aliphatic rings. The van der Waals surface area contributed by atoms with E-state index in [0.717, 1.165) is 22.3 Å². The number of carbonyl (C=O) groups is 1. The maximum atomic E-state index is 11.3. The average Bonchev–Trinajstić information content (AvgIpc) is 2.28. The monoisotopic (exact) mass is 240 g/mol. The first-order chi connectivity index (χ1) is 8.50. The van der Waals surface area contributed by atoms with E-state index in [4.69, 9.17) is 0 Å². The lowest BCUT2D eigenvalue weighted by Gasteiger charge is -2.13. The van der Waals surface area contributed by atoms with Gasteiger partial charge < -0.3 is 5.11 Å². The quantitative estimate of drug-likeness (QED) is 0.862. The van der Waals surface area contributed by atoms with Gasteiger partial charge in [-0.3, -0.25) is 0 Å². The molecule has 2 rings (SSSR count). The second-order valence-corrected chi connectivity index (χ2v) is 4.62. The van der Waals surface area contributed by atoms with Gasteiger partial charge in [0.2, 0.25) is 0 Å². The fourth-order valence-electron chi connectivity index (χ4n) is 2.49. The molecule has 0 bridgehead atoms. The van der Waals surface area contributed by atoms with E-state index in [9.17, 15) is 9.90 Å². The lowest BCUT2D eigenvalue weighted by molar-refractivity contribution is 0.0698. The first-order valence-corrected chi connectivity index (χ1v) is 5.91. The van der Waals surface area contributed by atoms with Crippen LogP contribution in [0.25, 0.3) is 11.1 Å². The Morgan fingerprint density at radius 1 is 1.00 bits per heavy atom. The highest BCUT2D eigenvalue weighted by Gasteiger charge is 2.14. The highest BCUT2D eigenvalue weighted by molar-refractivity contribution is 5.97. The van der Waals surface area contributed by atoms with Crippen molar-refractivity contribution in [2.24, 2.45) is 0 Å². The predicted molar refractivity (Wildman–Crippen MR) is 73.0 cm³/mol. The summed E-state index contributed by atoms with van der Waals surface area (Å²) in [4.78, 5) is 11.3. The molecule has 2 heteroatoms. The molecule has 0 saturated carbocycles. The Morgan fingerprint density at radius 2 is 1.56 bits per heavy atom. The summed E-state index contributed by atoms with van der Waals surface area (Å²) in [6, 6.07) is 11.3. The van der Waals surface area contributed by atoms with Crippen LogP contribution in [0.5, 0.6) is 0 Å². The number of rotatable bonds is 2. The molecule has 1 N–H and O–H groups in total. The molecular formula is C16H16O2. The normalized spacial score (nSPS) is 10.4. The predicted octanol–water partition coefficient (Wildman–Crippen LogP) is 3.98. The zero-order valence-corrected chi connectivity index (χ0v) is 10.8. The maximum absolute atomic E-state index is 11.3. The highest BCUT2D eigenvalue weighted by Crippen LogP contribution is 2.30. The summed E-state index contributed by atoms with van der Waals surface area (Å²) >= 11 is 0. The van der Waals surface area contributed by atoms with Crippen LogP contribution < -0.4 is 0 Å². The molecule has 0 aliphatic heterocycles. The van der Waals surface area contributed by atoms with Gasteiger partial charge in [0.05, 0.1) is 5.56 Å². The molecular weight excluding hydrogens is 224 g/mol. The Hall–Kier alpha value is -2.09. The molecule has 92 valence electrons. The maximum Gasteiger partial charge on any atom is 0.336 e. The minimum absolute atomic E-state index is 0.354. The molecule has 0 saturated heterocycles. The van der Waals surface area contributed by atoms with Crippen molar-refractivity contribution in [2.75, 3.05) is 0 Å². The highest BCUT2D eigenvalue weighted by atomic mass is 16.4. The fourth-order valence-corrected chi connectivity index (χ4v) is 2.49. The Labute approximate surface area is 107 Å². The molecule has 0 unspecified atom stereocenters. The van der Waals surface area contributed by atoms with Gasteiger partial charge in [-0.15, -0.1) is 0 Å². The smallest absolute Gasteiger partial charge is 0.336 e.